The van der Waals surface area contributed by atoms with E-state index in [1.807, 2.05) is 0 Å². The van der Waals surface area contributed by atoms with Gasteiger partial charge in [-0.05, 0) is 0 Å². The van der Waals surface area contributed by atoms with Crippen molar-refractivity contribution in [1.29, 1.82) is 0 Å². The summed E-state index contributed by atoms with van der Waals surface area (Å²) in [6.45, 7) is 0. The first-order valence-corrected chi connectivity index (χ1v) is 3.51. The van der Waals surface area contributed by atoms with Crippen molar-refractivity contribution in [2.24, 2.45) is 0 Å². The summed E-state index contributed by atoms with van der Waals surface area (Å²) in [6.07, 6.45) is 0. The molecule has 38 valence electrons. The number of halogens is 1. The second-order valence-corrected chi connectivity index (χ2v) is 3.11. The Labute approximate surface area is 38.0 Å². The van der Waals surface area contributed by atoms with E-state index >= 15 is 0 Å². The predicted molar refractivity (Wildman–Crippen MR) is 20.2 cm³/mol. The first-order valence-electron chi connectivity index (χ1n) is 0.837. The highest BCUT2D eigenvalue weighted by Crippen LogP contribution is 2.07. The second-order valence-electron chi connectivity index (χ2n) is 0.491. The Kier molecular flexibility index (Phi) is 1.82. The van der Waals surface area contributed by atoms with Crippen LogP contribution in [0.1, 0.15) is 0 Å². The summed E-state index contributed by atoms with van der Waals surface area (Å²) < 4.78 is 36.3. The molecule has 0 saturated carbocycles. The molecule has 0 saturated heterocycles. The van der Waals surface area contributed by atoms with Gasteiger partial charge in [-0.2, -0.15) is 8.42 Å². The lowest BCUT2D eigenvalue weighted by Gasteiger charge is -1.74. The summed E-state index contributed by atoms with van der Waals surface area (Å²) in [4.78, 5) is 0. The predicted octanol–water partition coefficient (Wildman–Crippen LogP) is 0.407. The summed E-state index contributed by atoms with van der Waals surface area (Å²) in [5.74, 6) is 0. The van der Waals surface area contributed by atoms with Crippen LogP contribution in [-0.2, 0) is 9.15 Å². The molecule has 0 radical (unpaired) electrons. The molecule has 0 amide bonds. The minimum absolute atomic E-state index is 1.09. The Morgan fingerprint density at radius 3 is 1.83 bits per heavy atom. The Morgan fingerprint density at radius 2 is 1.83 bits per heavy atom. The fourth-order valence-corrected chi connectivity index (χ4v) is 0. The van der Waals surface area contributed by atoms with Crippen LogP contribution >= 0.6 is 11.2 Å². The van der Waals surface area contributed by atoms with E-state index in [9.17, 15) is 3.89 Å². The first kappa shape index (κ1) is 6.19. The Hall–Kier alpha value is 0.190. The molecule has 0 aromatic rings. The van der Waals surface area contributed by atoms with Crippen LogP contribution in [0.3, 0.4) is 0 Å². The van der Waals surface area contributed by atoms with Crippen LogP contribution in [0.4, 0.5) is 3.89 Å². The maximum Gasteiger partial charge on any atom is 0.350 e. The van der Waals surface area contributed by atoms with Crippen molar-refractivity contribution < 1.29 is 16.9 Å². The molecule has 0 fully saturated rings. The number of hydrogen-bond donors (Lipinski definition) is 1. The van der Waals surface area contributed by atoms with Crippen LogP contribution in [0, 0.1) is 0 Å². The van der Waals surface area contributed by atoms with E-state index < -0.39 is 20.3 Å². The van der Waals surface area contributed by atoms with Crippen LogP contribution in [0.5, 0.6) is 0 Å². The highest BCUT2D eigenvalue weighted by atomic mass is 33.2. The molecule has 0 aromatic heterocycles. The normalized spacial score (nSPS) is 11.7. The third-order valence-electron chi connectivity index (χ3n) is 0.0796. The zero-order valence-corrected chi connectivity index (χ0v) is 4.09. The molecule has 0 aromatic carbocycles. The topological polar surface area (TPSA) is 54.4 Å². The highest BCUT2D eigenvalue weighted by Gasteiger charge is 2.00. The summed E-state index contributed by atoms with van der Waals surface area (Å²) >= 11 is -1.09. The second kappa shape index (κ2) is 1.76. The van der Waals surface area contributed by atoms with Gasteiger partial charge in [0.1, 0.15) is 0 Å². The van der Waals surface area contributed by atoms with Gasteiger partial charge < -0.3 is 0 Å². The first-order chi connectivity index (χ1) is 2.56. The molecular weight excluding hydrogens is 131 g/mol. The molecule has 6 heteroatoms. The third kappa shape index (κ3) is 4.19. The summed E-state index contributed by atoms with van der Waals surface area (Å²) in [6, 6.07) is 0. The maximum atomic E-state index is 10.6. The van der Waals surface area contributed by atoms with Gasteiger partial charge in [0.05, 0.1) is 0 Å². The molecular formula is HFO3S2. The molecule has 0 atom stereocenters. The van der Waals surface area contributed by atoms with Crippen molar-refractivity contribution in [3.05, 3.63) is 0 Å². The van der Waals surface area contributed by atoms with Gasteiger partial charge in [-0.25, -0.2) is 0 Å². The van der Waals surface area contributed by atoms with E-state index in [0.29, 0.717) is 0 Å². The van der Waals surface area contributed by atoms with Gasteiger partial charge in [-0.1, -0.05) is 0 Å². The Morgan fingerprint density at radius 1 is 1.67 bits per heavy atom. The van der Waals surface area contributed by atoms with Crippen LogP contribution in [0.2, 0.25) is 0 Å². The van der Waals surface area contributed by atoms with E-state index in [2.05, 4.69) is 0 Å². The van der Waals surface area contributed by atoms with Crippen molar-refractivity contribution in [2.45, 2.75) is 0 Å². The summed E-state index contributed by atoms with van der Waals surface area (Å²) in [5, 5.41) is 0. The molecule has 0 aliphatic carbocycles. The molecule has 0 bridgehead atoms. The average molecular weight is 132 g/mol. The van der Waals surface area contributed by atoms with Gasteiger partial charge >= 0.3 is 9.15 Å². The van der Waals surface area contributed by atoms with Gasteiger partial charge in [-0.15, -0.1) is 3.89 Å². The van der Waals surface area contributed by atoms with E-state index in [1.165, 1.54) is 0 Å². The largest absolute Gasteiger partial charge is 0.350 e. The van der Waals surface area contributed by atoms with Gasteiger partial charge in [0.2, 0.25) is 11.2 Å². The molecule has 0 rings (SSSR count). The summed E-state index contributed by atoms with van der Waals surface area (Å²) in [5.41, 5.74) is 0. The van der Waals surface area contributed by atoms with Crippen LogP contribution < -0.4 is 0 Å². The molecule has 0 heterocycles. The zero-order chi connectivity index (χ0) is 5.21. The molecule has 6 heavy (non-hydrogen) atoms. The lowest BCUT2D eigenvalue weighted by Crippen LogP contribution is -1.82. The van der Waals surface area contributed by atoms with E-state index in [0.717, 1.165) is 0 Å². The quantitative estimate of drug-likeness (QED) is 0.414. The van der Waals surface area contributed by atoms with Gasteiger partial charge in [0.25, 0.3) is 0 Å². The maximum absolute atomic E-state index is 10.6. The van der Waals surface area contributed by atoms with E-state index in [4.69, 9.17) is 13.0 Å². The number of rotatable bonds is 1. The van der Waals surface area contributed by atoms with Crippen molar-refractivity contribution >= 4 is 20.3 Å². The van der Waals surface area contributed by atoms with Crippen molar-refractivity contribution in [3.8, 4) is 0 Å². The van der Waals surface area contributed by atoms with Gasteiger partial charge in [0.15, 0.2) is 0 Å². The lowest BCUT2D eigenvalue weighted by atomic mass is 15.9. The molecule has 0 aliphatic heterocycles. The van der Waals surface area contributed by atoms with E-state index in [1.54, 1.807) is 0 Å². The minimum Gasteiger partial charge on any atom is -0.275 e. The minimum atomic E-state index is -4.41. The number of hydrogen-bond acceptors (Lipinski definition) is 3. The SMILES string of the molecule is O=S(=O)(O)SF. The Bertz CT molecular complexity index is 111. The standard InChI is InChI=1S/FHO3S2/c1-5-6(2,3)4/h(H,2,3,4). The third-order valence-corrected chi connectivity index (χ3v) is 0.716. The lowest BCUT2D eigenvalue weighted by molar-refractivity contribution is 0.501. The van der Waals surface area contributed by atoms with Crippen molar-refractivity contribution in [3.63, 3.8) is 0 Å². The molecule has 0 spiro atoms. The van der Waals surface area contributed by atoms with E-state index in [-0.39, 0.29) is 0 Å². The van der Waals surface area contributed by atoms with Crippen LogP contribution in [0.15, 0.2) is 0 Å². The molecule has 3 nitrogen and oxygen atoms in total. The molecule has 1 N–H and O–H groups in total. The Balaban J connectivity index is 3.85. The van der Waals surface area contributed by atoms with Gasteiger partial charge in [-0.3, -0.25) is 4.55 Å². The highest BCUT2D eigenvalue weighted by molar-refractivity contribution is 8.67. The fourth-order valence-electron chi connectivity index (χ4n) is 0. The smallest absolute Gasteiger partial charge is 0.275 e. The van der Waals surface area contributed by atoms with Crippen molar-refractivity contribution in [2.75, 3.05) is 0 Å². The summed E-state index contributed by atoms with van der Waals surface area (Å²) in [7, 11) is -4.41. The molecule has 0 aliphatic rings. The monoisotopic (exact) mass is 132 g/mol. The van der Waals surface area contributed by atoms with Crippen molar-refractivity contribution in [1.82, 2.24) is 0 Å². The molecule has 0 unspecified atom stereocenters. The zero-order valence-electron chi connectivity index (χ0n) is 2.46. The van der Waals surface area contributed by atoms with Gasteiger partial charge in [0, 0.05) is 0 Å². The average Bonchev–Trinajstić information content (AvgIpc) is 1.35. The van der Waals surface area contributed by atoms with Crippen LogP contribution in [0.25, 0.3) is 0 Å². The fraction of sp³-hybridized carbons (Fsp3) is 0. The van der Waals surface area contributed by atoms with Crippen LogP contribution in [-0.4, -0.2) is 13.0 Å².